The minimum atomic E-state index is -0.595. The quantitative estimate of drug-likeness (QED) is 0.757. The highest BCUT2D eigenvalue weighted by atomic mass is 35.5. The van der Waals surface area contributed by atoms with Crippen molar-refractivity contribution in [3.05, 3.63) is 39.2 Å². The number of imide groups is 1. The Morgan fingerprint density at radius 3 is 2.75 bits per heavy atom. The fraction of sp³-hybridized carbons (Fsp3) is 0.450. The molecular formula is C20H23ClN2O5. The largest absolute Gasteiger partial charge is 0.482 e. The molecule has 150 valence electrons. The first-order chi connectivity index (χ1) is 13.3. The Hall–Kier alpha value is -2.54. The van der Waals surface area contributed by atoms with Gasteiger partial charge in [0.2, 0.25) is 0 Å². The maximum atomic E-state index is 12.0. The van der Waals surface area contributed by atoms with Gasteiger partial charge in [0.1, 0.15) is 11.3 Å². The predicted molar refractivity (Wildman–Crippen MR) is 106 cm³/mol. The number of nitrogens with one attached hydrogen (secondary N) is 2. The number of amides is 3. The normalized spacial score (nSPS) is 19.2. The molecule has 1 fully saturated rings. The molecule has 3 amide bonds. The van der Waals surface area contributed by atoms with Crippen molar-refractivity contribution >= 4 is 34.5 Å². The van der Waals surface area contributed by atoms with E-state index >= 15 is 0 Å². The molecule has 8 heteroatoms. The third-order valence-corrected chi connectivity index (χ3v) is 5.34. The number of carbonyl (C=O) groups is 2. The van der Waals surface area contributed by atoms with Crippen molar-refractivity contribution in [1.29, 1.82) is 0 Å². The Labute approximate surface area is 167 Å². The van der Waals surface area contributed by atoms with Crippen LogP contribution in [0.25, 0.3) is 11.0 Å². The molecular weight excluding hydrogens is 384 g/mol. The van der Waals surface area contributed by atoms with Crippen LogP contribution in [0.3, 0.4) is 0 Å². The summed E-state index contributed by atoms with van der Waals surface area (Å²) in [5.41, 5.74) is 0.560. The van der Waals surface area contributed by atoms with E-state index in [9.17, 15) is 14.4 Å². The minimum absolute atomic E-state index is 0.0727. The second-order valence-electron chi connectivity index (χ2n) is 7.21. The van der Waals surface area contributed by atoms with Crippen LogP contribution < -0.4 is 21.0 Å². The fourth-order valence-corrected chi connectivity index (χ4v) is 3.69. The molecule has 1 aliphatic carbocycles. The number of fused-ring (bicyclic) bond motifs is 1. The Kier molecular flexibility index (Phi) is 6.24. The molecule has 0 spiro atoms. The summed E-state index contributed by atoms with van der Waals surface area (Å²) >= 11 is 6.19. The number of carbonyl (C=O) groups excluding carboxylic acids is 2. The SMILES string of the molecule is Cc1cc(=O)oc2cc(OCC(=O)NC(=O)N[C@H]3CCCC[C@H]3C)c(Cl)cc12. The van der Waals surface area contributed by atoms with Gasteiger partial charge in [0.15, 0.2) is 6.61 Å². The second kappa shape index (κ2) is 8.65. The number of rotatable bonds is 4. The lowest BCUT2D eigenvalue weighted by Crippen LogP contribution is -2.48. The van der Waals surface area contributed by atoms with E-state index in [-0.39, 0.29) is 16.8 Å². The predicted octanol–water partition coefficient (Wildman–Crippen LogP) is 3.54. The maximum absolute atomic E-state index is 12.0. The van der Waals surface area contributed by atoms with Crippen LogP contribution in [0.2, 0.25) is 5.02 Å². The zero-order chi connectivity index (χ0) is 20.3. The molecule has 28 heavy (non-hydrogen) atoms. The van der Waals surface area contributed by atoms with E-state index in [1.807, 2.05) is 0 Å². The van der Waals surface area contributed by atoms with Crippen molar-refractivity contribution in [2.45, 2.75) is 45.6 Å². The van der Waals surface area contributed by atoms with Crippen LogP contribution in [0.1, 0.15) is 38.2 Å². The highest BCUT2D eigenvalue weighted by Gasteiger charge is 2.23. The maximum Gasteiger partial charge on any atom is 0.336 e. The number of ether oxygens (including phenoxy) is 1. The molecule has 0 radical (unpaired) electrons. The number of aryl methyl sites for hydroxylation is 1. The van der Waals surface area contributed by atoms with E-state index in [4.69, 9.17) is 20.8 Å². The zero-order valence-electron chi connectivity index (χ0n) is 15.8. The van der Waals surface area contributed by atoms with E-state index in [1.165, 1.54) is 18.6 Å². The molecule has 2 aromatic rings. The van der Waals surface area contributed by atoms with Gasteiger partial charge in [0.05, 0.1) is 5.02 Å². The van der Waals surface area contributed by atoms with E-state index < -0.39 is 24.2 Å². The third-order valence-electron chi connectivity index (χ3n) is 5.04. The molecule has 0 aliphatic heterocycles. The van der Waals surface area contributed by atoms with Gasteiger partial charge in [-0.3, -0.25) is 10.1 Å². The van der Waals surface area contributed by atoms with Crippen molar-refractivity contribution in [3.8, 4) is 5.75 Å². The first-order valence-electron chi connectivity index (χ1n) is 9.30. The fourth-order valence-electron chi connectivity index (χ4n) is 3.47. The smallest absolute Gasteiger partial charge is 0.336 e. The third kappa shape index (κ3) is 4.84. The molecule has 0 saturated heterocycles. The lowest BCUT2D eigenvalue weighted by molar-refractivity contribution is -0.122. The first kappa shape index (κ1) is 20.2. The lowest BCUT2D eigenvalue weighted by atomic mass is 9.86. The summed E-state index contributed by atoms with van der Waals surface area (Å²) in [5, 5.41) is 6.06. The number of halogens is 1. The molecule has 3 rings (SSSR count). The molecule has 1 aromatic carbocycles. The van der Waals surface area contributed by atoms with Gasteiger partial charge in [0, 0.05) is 23.6 Å². The van der Waals surface area contributed by atoms with Gasteiger partial charge < -0.3 is 14.5 Å². The number of benzene rings is 1. The van der Waals surface area contributed by atoms with Crippen LogP contribution in [0.15, 0.2) is 27.4 Å². The lowest BCUT2D eigenvalue weighted by Gasteiger charge is -2.29. The molecule has 1 saturated carbocycles. The van der Waals surface area contributed by atoms with Crippen LogP contribution in [-0.4, -0.2) is 24.6 Å². The van der Waals surface area contributed by atoms with E-state index in [0.29, 0.717) is 16.9 Å². The van der Waals surface area contributed by atoms with Gasteiger partial charge in [-0.25, -0.2) is 9.59 Å². The summed E-state index contributed by atoms with van der Waals surface area (Å²) in [5.74, 6) is -0.0115. The van der Waals surface area contributed by atoms with Crippen molar-refractivity contribution in [2.75, 3.05) is 6.61 Å². The summed E-state index contributed by atoms with van der Waals surface area (Å²) < 4.78 is 10.6. The topological polar surface area (TPSA) is 97.6 Å². The van der Waals surface area contributed by atoms with Crippen molar-refractivity contribution < 1.29 is 18.7 Å². The van der Waals surface area contributed by atoms with E-state index in [1.54, 1.807) is 13.0 Å². The van der Waals surface area contributed by atoms with Crippen LogP contribution >= 0.6 is 11.6 Å². The highest BCUT2D eigenvalue weighted by molar-refractivity contribution is 6.32. The van der Waals surface area contributed by atoms with Crippen LogP contribution in [-0.2, 0) is 4.79 Å². The molecule has 2 atom stereocenters. The molecule has 1 aromatic heterocycles. The first-order valence-corrected chi connectivity index (χ1v) is 9.68. The highest BCUT2D eigenvalue weighted by Crippen LogP contribution is 2.31. The Balaban J connectivity index is 1.59. The molecule has 7 nitrogen and oxygen atoms in total. The number of hydrogen-bond donors (Lipinski definition) is 2. The van der Waals surface area contributed by atoms with Gasteiger partial charge in [-0.2, -0.15) is 0 Å². The standard InChI is InChI=1S/C20H23ClN2O5/c1-11-5-3-4-6-15(11)22-20(26)23-18(24)10-27-17-9-16-13(8-14(17)21)12(2)7-19(25)28-16/h7-9,11,15H,3-6,10H2,1-2H3,(H2,22,23,24,26)/t11-,15+/m1/s1. The monoisotopic (exact) mass is 406 g/mol. The van der Waals surface area contributed by atoms with Crippen LogP contribution in [0.5, 0.6) is 5.75 Å². The Morgan fingerprint density at radius 2 is 2.00 bits per heavy atom. The summed E-state index contributed by atoms with van der Waals surface area (Å²) in [6.07, 6.45) is 4.22. The molecule has 1 aliphatic rings. The van der Waals surface area contributed by atoms with Crippen LogP contribution in [0, 0.1) is 12.8 Å². The van der Waals surface area contributed by atoms with Gasteiger partial charge in [-0.15, -0.1) is 0 Å². The minimum Gasteiger partial charge on any atom is -0.482 e. The molecule has 1 heterocycles. The van der Waals surface area contributed by atoms with Crippen molar-refractivity contribution in [1.82, 2.24) is 10.6 Å². The average molecular weight is 407 g/mol. The van der Waals surface area contributed by atoms with Crippen molar-refractivity contribution in [2.24, 2.45) is 5.92 Å². The molecule has 2 N–H and O–H groups in total. The Bertz CT molecular complexity index is 955. The van der Waals surface area contributed by atoms with E-state index in [0.717, 1.165) is 24.8 Å². The van der Waals surface area contributed by atoms with E-state index in [2.05, 4.69) is 17.6 Å². The Morgan fingerprint density at radius 1 is 1.25 bits per heavy atom. The summed E-state index contributed by atoms with van der Waals surface area (Å²) in [6.45, 7) is 3.47. The summed E-state index contributed by atoms with van der Waals surface area (Å²) in [7, 11) is 0. The summed E-state index contributed by atoms with van der Waals surface area (Å²) in [4.78, 5) is 35.6. The van der Waals surface area contributed by atoms with Gasteiger partial charge in [-0.1, -0.05) is 31.4 Å². The number of hydrogen-bond acceptors (Lipinski definition) is 5. The van der Waals surface area contributed by atoms with Gasteiger partial charge in [-0.05, 0) is 37.3 Å². The van der Waals surface area contributed by atoms with Gasteiger partial charge >= 0.3 is 11.7 Å². The summed E-state index contributed by atoms with van der Waals surface area (Å²) in [6, 6.07) is 3.99. The van der Waals surface area contributed by atoms with Crippen LogP contribution in [0.4, 0.5) is 4.79 Å². The van der Waals surface area contributed by atoms with Crippen molar-refractivity contribution in [3.63, 3.8) is 0 Å². The second-order valence-corrected chi connectivity index (χ2v) is 7.61. The average Bonchev–Trinajstić information content (AvgIpc) is 2.62. The number of urea groups is 1. The molecule has 0 bridgehead atoms. The molecule has 0 unspecified atom stereocenters. The zero-order valence-corrected chi connectivity index (χ0v) is 16.6. The van der Waals surface area contributed by atoms with Gasteiger partial charge in [0.25, 0.3) is 5.91 Å².